The molecule has 0 aliphatic heterocycles. The molecule has 0 saturated carbocycles. The molecule has 0 aliphatic rings. The normalized spacial score (nSPS) is 10.8. The van der Waals surface area contributed by atoms with Gasteiger partial charge in [-0.05, 0) is 60.5 Å². The second-order valence-electron chi connectivity index (χ2n) is 6.66. The Balaban J connectivity index is 1.47. The van der Waals surface area contributed by atoms with Crippen LogP contribution < -0.4 is 15.6 Å². The maximum atomic E-state index is 12.9. The van der Waals surface area contributed by atoms with E-state index < -0.39 is 0 Å². The minimum Gasteiger partial charge on any atom is -0.497 e. The maximum Gasteiger partial charge on any atom is 0.251 e. The lowest BCUT2D eigenvalue weighted by atomic mass is 10.1. The van der Waals surface area contributed by atoms with Crippen LogP contribution >= 0.6 is 0 Å². The second-order valence-corrected chi connectivity index (χ2v) is 6.66. The lowest BCUT2D eigenvalue weighted by molar-refractivity contribution is -0.121. The Labute approximate surface area is 162 Å². The molecule has 0 bridgehead atoms. The lowest BCUT2D eigenvalue weighted by Gasteiger charge is -2.07. The number of pyridine rings is 1. The molecule has 1 amide bonds. The molecule has 146 valence electrons. The molecule has 0 saturated heterocycles. The summed E-state index contributed by atoms with van der Waals surface area (Å²) >= 11 is 0. The summed E-state index contributed by atoms with van der Waals surface area (Å²) in [5.41, 5.74) is 2.20. The average Bonchev–Trinajstić information content (AvgIpc) is 2.69. The molecular weight excluding hydrogens is 359 g/mol. The largest absolute Gasteiger partial charge is 0.497 e. The summed E-state index contributed by atoms with van der Waals surface area (Å²) in [6.07, 6.45) is 2.27. The number of aryl methyl sites for hydroxylation is 1. The number of hydrogen-bond donors (Lipinski definition) is 2. The van der Waals surface area contributed by atoms with Crippen molar-refractivity contribution in [3.8, 4) is 5.75 Å². The molecule has 0 spiro atoms. The van der Waals surface area contributed by atoms with Crippen LogP contribution in [0.2, 0.25) is 0 Å². The Morgan fingerprint density at radius 2 is 1.89 bits per heavy atom. The first-order valence-corrected chi connectivity index (χ1v) is 9.26. The summed E-state index contributed by atoms with van der Waals surface area (Å²) in [4.78, 5) is 27.1. The number of aromatic amines is 1. The van der Waals surface area contributed by atoms with Gasteiger partial charge >= 0.3 is 0 Å². The van der Waals surface area contributed by atoms with Crippen LogP contribution in [0.4, 0.5) is 4.39 Å². The third kappa shape index (κ3) is 5.19. The van der Waals surface area contributed by atoms with E-state index in [2.05, 4.69) is 10.3 Å². The van der Waals surface area contributed by atoms with Crippen molar-refractivity contribution in [3.63, 3.8) is 0 Å². The summed E-state index contributed by atoms with van der Waals surface area (Å²) in [5, 5.41) is 3.77. The molecule has 2 N–H and O–H groups in total. The summed E-state index contributed by atoms with van der Waals surface area (Å²) in [6.45, 7) is 0.403. The van der Waals surface area contributed by atoms with Crippen molar-refractivity contribution in [2.24, 2.45) is 0 Å². The fourth-order valence-corrected chi connectivity index (χ4v) is 3.07. The molecular formula is C22H23FN2O3. The van der Waals surface area contributed by atoms with Gasteiger partial charge in [0.15, 0.2) is 0 Å². The van der Waals surface area contributed by atoms with E-state index >= 15 is 0 Å². The zero-order valence-electron chi connectivity index (χ0n) is 15.8. The molecule has 5 nitrogen and oxygen atoms in total. The molecule has 0 unspecified atom stereocenters. The molecule has 0 radical (unpaired) electrons. The van der Waals surface area contributed by atoms with E-state index in [9.17, 15) is 14.0 Å². The monoisotopic (exact) mass is 382 g/mol. The minimum absolute atomic E-state index is 0.0518. The summed E-state index contributed by atoms with van der Waals surface area (Å²) in [6, 6.07) is 13.7. The number of hydrogen-bond acceptors (Lipinski definition) is 3. The smallest absolute Gasteiger partial charge is 0.251 e. The molecule has 0 fully saturated rings. The van der Waals surface area contributed by atoms with Crippen molar-refractivity contribution in [1.29, 1.82) is 0 Å². The molecule has 0 aliphatic carbocycles. The minimum atomic E-state index is -0.260. The first-order chi connectivity index (χ1) is 13.5. The van der Waals surface area contributed by atoms with Gasteiger partial charge in [-0.3, -0.25) is 9.59 Å². The average molecular weight is 382 g/mol. The first-order valence-electron chi connectivity index (χ1n) is 9.26. The van der Waals surface area contributed by atoms with Gasteiger partial charge in [0.05, 0.1) is 12.6 Å². The number of methoxy groups -OCH3 is 1. The molecule has 1 heterocycles. The number of fused-ring (bicyclic) bond motifs is 1. The number of aromatic nitrogens is 1. The Hall–Kier alpha value is -3.15. The number of H-pyrrole nitrogens is 1. The number of carbonyl (C=O) groups excluding carboxylic acids is 1. The highest BCUT2D eigenvalue weighted by Gasteiger charge is 2.06. The van der Waals surface area contributed by atoms with Crippen LogP contribution in [0.25, 0.3) is 10.9 Å². The molecule has 3 aromatic rings. The van der Waals surface area contributed by atoms with Gasteiger partial charge < -0.3 is 15.0 Å². The summed E-state index contributed by atoms with van der Waals surface area (Å²) < 4.78 is 18.0. The van der Waals surface area contributed by atoms with E-state index in [1.807, 2.05) is 18.2 Å². The third-order valence-electron chi connectivity index (χ3n) is 4.63. The topological polar surface area (TPSA) is 71.2 Å². The third-order valence-corrected chi connectivity index (χ3v) is 4.63. The van der Waals surface area contributed by atoms with E-state index in [0.29, 0.717) is 37.1 Å². The van der Waals surface area contributed by atoms with Gasteiger partial charge in [-0.1, -0.05) is 12.1 Å². The number of benzene rings is 2. The van der Waals surface area contributed by atoms with Crippen LogP contribution in [-0.4, -0.2) is 24.5 Å². The number of nitrogens with one attached hydrogen (secondary N) is 2. The highest BCUT2D eigenvalue weighted by molar-refractivity contribution is 5.80. The van der Waals surface area contributed by atoms with Gasteiger partial charge in [-0.2, -0.15) is 0 Å². The van der Waals surface area contributed by atoms with Crippen molar-refractivity contribution < 1.29 is 13.9 Å². The molecule has 6 heteroatoms. The molecule has 2 aromatic carbocycles. The van der Waals surface area contributed by atoms with Crippen LogP contribution in [0.3, 0.4) is 0 Å². The first kappa shape index (κ1) is 19.6. The SMILES string of the molecule is COc1ccc2cc(CCNC(=O)CCCc3ccc(F)cc3)c(=O)[nH]c2c1. The predicted octanol–water partition coefficient (Wildman–Crippen LogP) is 3.36. The Bertz CT molecular complexity index is 1010. The Kier molecular flexibility index (Phi) is 6.42. The lowest BCUT2D eigenvalue weighted by Crippen LogP contribution is -2.27. The van der Waals surface area contributed by atoms with E-state index in [-0.39, 0.29) is 17.3 Å². The molecule has 28 heavy (non-hydrogen) atoms. The predicted molar refractivity (Wildman–Crippen MR) is 107 cm³/mol. The van der Waals surface area contributed by atoms with E-state index in [0.717, 1.165) is 22.9 Å². The maximum absolute atomic E-state index is 12.9. The molecule has 3 rings (SSSR count). The van der Waals surface area contributed by atoms with Gasteiger partial charge in [-0.25, -0.2) is 4.39 Å². The van der Waals surface area contributed by atoms with Crippen LogP contribution in [0.1, 0.15) is 24.0 Å². The highest BCUT2D eigenvalue weighted by Crippen LogP contribution is 2.18. The van der Waals surface area contributed by atoms with Gasteiger partial charge in [0.2, 0.25) is 5.91 Å². The van der Waals surface area contributed by atoms with Gasteiger partial charge in [0, 0.05) is 24.6 Å². The van der Waals surface area contributed by atoms with E-state index in [1.165, 1.54) is 12.1 Å². The van der Waals surface area contributed by atoms with Crippen molar-refractivity contribution in [3.05, 3.63) is 75.8 Å². The number of rotatable bonds is 8. The quantitative estimate of drug-likeness (QED) is 0.628. The van der Waals surface area contributed by atoms with E-state index in [1.54, 1.807) is 25.3 Å². The number of ether oxygens (including phenoxy) is 1. The van der Waals surface area contributed by atoms with Crippen molar-refractivity contribution in [1.82, 2.24) is 10.3 Å². The standard InChI is InChI=1S/C22H23FN2O3/c1-28-19-10-7-16-13-17(22(27)25-20(16)14-19)11-12-24-21(26)4-2-3-15-5-8-18(23)9-6-15/h5-10,13-14H,2-4,11-12H2,1H3,(H,24,26)(H,25,27). The number of carbonyl (C=O) groups is 1. The van der Waals surface area contributed by atoms with Crippen LogP contribution in [-0.2, 0) is 17.6 Å². The zero-order valence-corrected chi connectivity index (χ0v) is 15.8. The fraction of sp³-hybridized carbons (Fsp3) is 0.273. The summed E-state index contributed by atoms with van der Waals surface area (Å²) in [5.74, 6) is 0.372. The highest BCUT2D eigenvalue weighted by atomic mass is 19.1. The molecule has 1 aromatic heterocycles. The van der Waals surface area contributed by atoms with Crippen molar-refractivity contribution in [2.45, 2.75) is 25.7 Å². The van der Waals surface area contributed by atoms with Gasteiger partial charge in [0.1, 0.15) is 11.6 Å². The zero-order chi connectivity index (χ0) is 19.9. The molecule has 0 atom stereocenters. The fourth-order valence-electron chi connectivity index (χ4n) is 3.07. The number of amides is 1. The van der Waals surface area contributed by atoms with Crippen LogP contribution in [0, 0.1) is 5.82 Å². The second kappa shape index (κ2) is 9.17. The van der Waals surface area contributed by atoms with Crippen LogP contribution in [0.5, 0.6) is 5.75 Å². The Morgan fingerprint density at radius 1 is 1.11 bits per heavy atom. The van der Waals surface area contributed by atoms with Crippen molar-refractivity contribution >= 4 is 16.8 Å². The van der Waals surface area contributed by atoms with Crippen molar-refractivity contribution in [2.75, 3.05) is 13.7 Å². The van der Waals surface area contributed by atoms with Crippen LogP contribution in [0.15, 0.2) is 53.3 Å². The number of halogens is 1. The van der Waals surface area contributed by atoms with Gasteiger partial charge in [0.25, 0.3) is 5.56 Å². The summed E-state index contributed by atoms with van der Waals surface area (Å²) in [7, 11) is 1.58. The Morgan fingerprint density at radius 3 is 2.64 bits per heavy atom. The van der Waals surface area contributed by atoms with Gasteiger partial charge in [-0.15, -0.1) is 0 Å². The van der Waals surface area contributed by atoms with E-state index in [4.69, 9.17) is 4.74 Å².